The maximum Gasteiger partial charge on any atom is 0.191 e. The van der Waals surface area contributed by atoms with Crippen LogP contribution in [0.15, 0.2) is 22.8 Å². The fourth-order valence-electron chi connectivity index (χ4n) is 1.78. The summed E-state index contributed by atoms with van der Waals surface area (Å²) in [6, 6.07) is 0. The van der Waals surface area contributed by atoms with E-state index in [1.54, 1.807) is 24.6 Å². The molecule has 0 aliphatic carbocycles. The van der Waals surface area contributed by atoms with E-state index in [0.29, 0.717) is 19.0 Å². The molecule has 2 N–H and O–H groups in total. The van der Waals surface area contributed by atoms with E-state index in [1.165, 1.54) is 0 Å². The smallest absolute Gasteiger partial charge is 0.191 e. The normalized spacial score (nSPS) is 11.4. The Morgan fingerprint density at radius 1 is 1.36 bits per heavy atom. The molecular weight excluding hydrogens is 411 g/mol. The number of hydrogen-bond donors (Lipinski definition) is 2. The molecule has 122 valence electrons. The van der Waals surface area contributed by atoms with Gasteiger partial charge in [-0.15, -0.1) is 35.3 Å². The van der Waals surface area contributed by atoms with Gasteiger partial charge in [0.1, 0.15) is 10.8 Å². The van der Waals surface area contributed by atoms with Crippen LogP contribution < -0.4 is 10.6 Å². The maximum atomic E-state index is 4.60. The van der Waals surface area contributed by atoms with E-state index in [4.69, 9.17) is 0 Å². The zero-order valence-electron chi connectivity index (χ0n) is 13.3. The average molecular weight is 434 g/mol. The number of nitrogens with zero attached hydrogens (tertiary/aromatic N) is 4. The number of aromatic nitrogens is 3. The predicted molar refractivity (Wildman–Crippen MR) is 102 cm³/mol. The van der Waals surface area contributed by atoms with Gasteiger partial charge >= 0.3 is 0 Å². The Bertz CT molecular complexity index is 604. The van der Waals surface area contributed by atoms with Crippen molar-refractivity contribution < 1.29 is 0 Å². The number of aliphatic imine (C=N–C) groups is 1. The first-order valence-corrected chi connectivity index (χ1v) is 7.83. The van der Waals surface area contributed by atoms with Gasteiger partial charge in [-0.2, -0.15) is 0 Å². The first-order chi connectivity index (χ1) is 10.1. The average Bonchev–Trinajstić information content (AvgIpc) is 3.08. The molecule has 0 saturated carbocycles. The molecule has 0 radical (unpaired) electrons. The topological polar surface area (TPSA) is 67.1 Å². The molecule has 22 heavy (non-hydrogen) atoms. The third-order valence-corrected chi connectivity index (χ3v) is 3.99. The van der Waals surface area contributed by atoms with Crippen molar-refractivity contribution in [2.45, 2.75) is 32.9 Å². The molecule has 0 bridgehead atoms. The van der Waals surface area contributed by atoms with Gasteiger partial charge in [0.05, 0.1) is 18.8 Å². The summed E-state index contributed by atoms with van der Waals surface area (Å²) in [6.45, 7) is 5.62. The number of imidazole rings is 1. The molecule has 8 heteroatoms. The largest absolute Gasteiger partial charge is 0.350 e. The molecule has 0 atom stereocenters. The third kappa shape index (κ3) is 5.24. The Balaban J connectivity index is 0.00000242. The summed E-state index contributed by atoms with van der Waals surface area (Å²) in [5.74, 6) is 2.18. The molecular formula is C14H23IN6S. The van der Waals surface area contributed by atoms with Crippen LogP contribution in [-0.4, -0.2) is 27.5 Å². The molecule has 2 heterocycles. The lowest BCUT2D eigenvalue weighted by atomic mass is 10.2. The lowest BCUT2D eigenvalue weighted by molar-refractivity contribution is 0.725. The minimum atomic E-state index is 0. The SMILES string of the molecule is CN=C(NCc1nc(C(C)C)cs1)NCc1nccn1C.I. The van der Waals surface area contributed by atoms with E-state index in [9.17, 15) is 0 Å². The number of aryl methyl sites for hydroxylation is 1. The van der Waals surface area contributed by atoms with Crippen molar-refractivity contribution in [3.8, 4) is 0 Å². The molecule has 0 saturated heterocycles. The molecule has 0 aliphatic rings. The van der Waals surface area contributed by atoms with E-state index in [1.807, 2.05) is 17.8 Å². The van der Waals surface area contributed by atoms with E-state index >= 15 is 0 Å². The molecule has 0 aliphatic heterocycles. The predicted octanol–water partition coefficient (Wildman–Crippen LogP) is 2.48. The van der Waals surface area contributed by atoms with Gasteiger partial charge in [-0.1, -0.05) is 13.8 Å². The van der Waals surface area contributed by atoms with Crippen LogP contribution in [0.2, 0.25) is 0 Å². The molecule has 2 rings (SSSR count). The second-order valence-electron chi connectivity index (χ2n) is 5.05. The van der Waals surface area contributed by atoms with Crippen LogP contribution in [0.3, 0.4) is 0 Å². The summed E-state index contributed by atoms with van der Waals surface area (Å²) in [6.07, 6.45) is 3.71. The van der Waals surface area contributed by atoms with Crippen molar-refractivity contribution in [1.82, 2.24) is 25.2 Å². The van der Waals surface area contributed by atoms with E-state index in [2.05, 4.69) is 44.8 Å². The quantitative estimate of drug-likeness (QED) is 0.431. The molecule has 0 spiro atoms. The van der Waals surface area contributed by atoms with Crippen molar-refractivity contribution >= 4 is 41.3 Å². The second-order valence-corrected chi connectivity index (χ2v) is 6.00. The van der Waals surface area contributed by atoms with Crippen molar-refractivity contribution in [2.24, 2.45) is 12.0 Å². The lowest BCUT2D eigenvalue weighted by Crippen LogP contribution is -2.36. The van der Waals surface area contributed by atoms with Gasteiger partial charge in [0, 0.05) is 31.9 Å². The highest BCUT2D eigenvalue weighted by molar-refractivity contribution is 14.0. The highest BCUT2D eigenvalue weighted by Gasteiger charge is 2.07. The van der Waals surface area contributed by atoms with Crippen molar-refractivity contribution in [3.63, 3.8) is 0 Å². The monoisotopic (exact) mass is 434 g/mol. The first-order valence-electron chi connectivity index (χ1n) is 6.95. The molecule has 2 aromatic heterocycles. The van der Waals surface area contributed by atoms with E-state index in [0.717, 1.165) is 22.5 Å². The Labute approximate surface area is 152 Å². The fourth-order valence-corrected chi connectivity index (χ4v) is 2.68. The van der Waals surface area contributed by atoms with Crippen LogP contribution in [0.5, 0.6) is 0 Å². The van der Waals surface area contributed by atoms with Crippen LogP contribution in [0, 0.1) is 0 Å². The summed E-state index contributed by atoms with van der Waals surface area (Å²) in [4.78, 5) is 13.1. The number of thiazole rings is 1. The zero-order chi connectivity index (χ0) is 15.2. The van der Waals surface area contributed by atoms with Gasteiger partial charge in [0.15, 0.2) is 5.96 Å². The van der Waals surface area contributed by atoms with E-state index < -0.39 is 0 Å². The molecule has 0 unspecified atom stereocenters. The molecule has 0 fully saturated rings. The molecule has 0 aromatic carbocycles. The number of nitrogens with one attached hydrogen (secondary N) is 2. The number of hydrogen-bond acceptors (Lipinski definition) is 4. The number of guanidine groups is 1. The van der Waals surface area contributed by atoms with Crippen LogP contribution in [-0.2, 0) is 20.1 Å². The summed E-state index contributed by atoms with van der Waals surface area (Å²) < 4.78 is 1.98. The summed E-state index contributed by atoms with van der Waals surface area (Å²) in [7, 11) is 3.73. The summed E-state index contributed by atoms with van der Waals surface area (Å²) >= 11 is 1.68. The van der Waals surface area contributed by atoms with Gasteiger partial charge in [-0.25, -0.2) is 9.97 Å². The van der Waals surface area contributed by atoms with Crippen molar-refractivity contribution in [3.05, 3.63) is 34.3 Å². The Morgan fingerprint density at radius 2 is 2.09 bits per heavy atom. The molecule has 0 amide bonds. The number of rotatable bonds is 5. The third-order valence-electron chi connectivity index (χ3n) is 3.13. The standard InChI is InChI=1S/C14H22N6S.HI/c1-10(2)11-9-21-13(19-11)8-18-14(15-3)17-7-12-16-5-6-20(12)4;/h5-6,9-10H,7-8H2,1-4H3,(H2,15,17,18);1H. The Morgan fingerprint density at radius 3 is 2.64 bits per heavy atom. The summed E-state index contributed by atoms with van der Waals surface area (Å²) in [5.41, 5.74) is 1.15. The fraction of sp³-hybridized carbons (Fsp3) is 0.500. The van der Waals surface area contributed by atoms with Crippen LogP contribution >= 0.6 is 35.3 Å². The first kappa shape index (κ1) is 18.9. The van der Waals surface area contributed by atoms with Crippen molar-refractivity contribution in [2.75, 3.05) is 7.05 Å². The van der Waals surface area contributed by atoms with Crippen molar-refractivity contribution in [1.29, 1.82) is 0 Å². The minimum Gasteiger partial charge on any atom is -0.350 e. The second kappa shape index (κ2) is 9.09. The van der Waals surface area contributed by atoms with Gasteiger partial charge in [0.25, 0.3) is 0 Å². The van der Waals surface area contributed by atoms with Gasteiger partial charge in [-0.3, -0.25) is 4.99 Å². The van der Waals surface area contributed by atoms with E-state index in [-0.39, 0.29) is 24.0 Å². The van der Waals surface area contributed by atoms with Gasteiger partial charge < -0.3 is 15.2 Å². The van der Waals surface area contributed by atoms with Gasteiger partial charge in [0.2, 0.25) is 0 Å². The lowest BCUT2D eigenvalue weighted by Gasteiger charge is -2.10. The highest BCUT2D eigenvalue weighted by atomic mass is 127. The number of halogens is 1. The Kier molecular flexibility index (Phi) is 7.80. The molecule has 2 aromatic rings. The van der Waals surface area contributed by atoms with Crippen LogP contribution in [0.25, 0.3) is 0 Å². The van der Waals surface area contributed by atoms with Crippen LogP contribution in [0.4, 0.5) is 0 Å². The van der Waals surface area contributed by atoms with Crippen LogP contribution in [0.1, 0.15) is 36.3 Å². The maximum absolute atomic E-state index is 4.60. The Hall–Kier alpha value is -1.16. The minimum absolute atomic E-state index is 0. The summed E-state index contributed by atoms with van der Waals surface area (Å²) in [5, 5.41) is 9.70. The highest BCUT2D eigenvalue weighted by Crippen LogP contribution is 2.17. The van der Waals surface area contributed by atoms with Gasteiger partial charge in [-0.05, 0) is 5.92 Å². The zero-order valence-corrected chi connectivity index (χ0v) is 16.5. The molecule has 6 nitrogen and oxygen atoms in total.